The summed E-state index contributed by atoms with van der Waals surface area (Å²) in [6.07, 6.45) is 0.888. The Kier molecular flexibility index (Phi) is 5.21. The van der Waals surface area contributed by atoms with Crippen LogP contribution in [0.4, 0.5) is 5.69 Å². The number of aromatic nitrogens is 2. The zero-order valence-corrected chi connectivity index (χ0v) is 15.8. The van der Waals surface area contributed by atoms with Crippen LogP contribution in [0.3, 0.4) is 0 Å². The van der Waals surface area contributed by atoms with Gasteiger partial charge in [-0.3, -0.25) is 9.48 Å². The van der Waals surface area contributed by atoms with Gasteiger partial charge >= 0.3 is 0 Å². The smallest absolute Gasteiger partial charge is 0.255 e. The predicted octanol–water partition coefficient (Wildman–Crippen LogP) is 4.67. The molecule has 1 amide bonds. The second-order valence-corrected chi connectivity index (χ2v) is 6.70. The third kappa shape index (κ3) is 3.85. The number of hydrogen-bond donors (Lipinski definition) is 1. The van der Waals surface area contributed by atoms with E-state index in [1.165, 1.54) is 0 Å². The fraction of sp³-hybridized carbons (Fsp3) is 0.273. The van der Waals surface area contributed by atoms with Crippen LogP contribution in [0.5, 0.6) is 0 Å². The standard InChI is InChI=1S/C22H25N3O/c1-5-19-8-6-7-15(2)21(19)23-22(26)20-11-9-18(10-12-20)14-25-17(4)13-16(3)24-25/h6-13H,5,14H2,1-4H3,(H,23,26). The van der Waals surface area contributed by atoms with E-state index in [-0.39, 0.29) is 5.91 Å². The summed E-state index contributed by atoms with van der Waals surface area (Å²) in [5.74, 6) is -0.0772. The number of aryl methyl sites for hydroxylation is 4. The normalized spacial score (nSPS) is 10.8. The number of amides is 1. The lowest BCUT2D eigenvalue weighted by Crippen LogP contribution is -2.14. The van der Waals surface area contributed by atoms with Crippen molar-refractivity contribution in [2.24, 2.45) is 0 Å². The molecule has 134 valence electrons. The van der Waals surface area contributed by atoms with Crippen LogP contribution < -0.4 is 5.32 Å². The first-order valence-electron chi connectivity index (χ1n) is 8.97. The van der Waals surface area contributed by atoms with Crippen molar-refractivity contribution in [1.29, 1.82) is 0 Å². The number of nitrogens with zero attached hydrogens (tertiary/aromatic N) is 2. The van der Waals surface area contributed by atoms with Crippen LogP contribution in [0.2, 0.25) is 0 Å². The van der Waals surface area contributed by atoms with Crippen LogP contribution in [0.15, 0.2) is 48.5 Å². The minimum atomic E-state index is -0.0772. The maximum absolute atomic E-state index is 12.6. The molecule has 0 saturated heterocycles. The molecule has 0 aliphatic carbocycles. The Bertz CT molecular complexity index is 923. The third-order valence-electron chi connectivity index (χ3n) is 4.63. The van der Waals surface area contributed by atoms with Gasteiger partial charge in [-0.2, -0.15) is 5.10 Å². The fourth-order valence-electron chi connectivity index (χ4n) is 3.16. The molecule has 4 nitrogen and oxygen atoms in total. The van der Waals surface area contributed by atoms with Gasteiger partial charge in [0.05, 0.1) is 12.2 Å². The van der Waals surface area contributed by atoms with Crippen molar-refractivity contribution in [2.75, 3.05) is 5.32 Å². The first-order valence-corrected chi connectivity index (χ1v) is 8.97. The van der Waals surface area contributed by atoms with Crippen molar-refractivity contribution in [3.05, 3.63) is 82.2 Å². The summed E-state index contributed by atoms with van der Waals surface area (Å²) in [6.45, 7) is 8.87. The summed E-state index contributed by atoms with van der Waals surface area (Å²) in [7, 11) is 0. The molecule has 0 bridgehead atoms. The second kappa shape index (κ2) is 7.56. The van der Waals surface area contributed by atoms with Crippen molar-refractivity contribution < 1.29 is 4.79 Å². The molecule has 3 rings (SSSR count). The second-order valence-electron chi connectivity index (χ2n) is 6.70. The highest BCUT2D eigenvalue weighted by Crippen LogP contribution is 2.22. The Hall–Kier alpha value is -2.88. The third-order valence-corrected chi connectivity index (χ3v) is 4.63. The molecule has 3 aromatic rings. The van der Waals surface area contributed by atoms with Crippen LogP contribution in [0.25, 0.3) is 0 Å². The van der Waals surface area contributed by atoms with E-state index in [0.29, 0.717) is 12.1 Å². The Morgan fingerprint density at radius 1 is 1.08 bits per heavy atom. The van der Waals surface area contributed by atoms with Crippen molar-refractivity contribution in [3.63, 3.8) is 0 Å². The lowest BCUT2D eigenvalue weighted by molar-refractivity contribution is 0.102. The van der Waals surface area contributed by atoms with Crippen molar-refractivity contribution >= 4 is 11.6 Å². The van der Waals surface area contributed by atoms with Crippen LogP contribution in [0, 0.1) is 20.8 Å². The molecule has 0 atom stereocenters. The summed E-state index contributed by atoms with van der Waals surface area (Å²) in [5.41, 5.74) is 7.09. The molecule has 1 aromatic heterocycles. The van der Waals surface area contributed by atoms with Crippen LogP contribution in [-0.2, 0) is 13.0 Å². The first kappa shape index (κ1) is 17.9. The molecule has 0 fully saturated rings. The van der Waals surface area contributed by atoms with Gasteiger partial charge in [0, 0.05) is 16.9 Å². The minimum Gasteiger partial charge on any atom is -0.321 e. The van der Waals surface area contributed by atoms with Crippen LogP contribution >= 0.6 is 0 Å². The molecule has 0 aliphatic rings. The summed E-state index contributed by atoms with van der Waals surface area (Å²) >= 11 is 0. The Balaban J connectivity index is 1.74. The predicted molar refractivity (Wildman–Crippen MR) is 106 cm³/mol. The molecule has 1 N–H and O–H groups in total. The van der Waals surface area contributed by atoms with Crippen molar-refractivity contribution in [2.45, 2.75) is 40.7 Å². The molecule has 0 aliphatic heterocycles. The van der Waals surface area contributed by atoms with E-state index < -0.39 is 0 Å². The molecule has 26 heavy (non-hydrogen) atoms. The highest BCUT2D eigenvalue weighted by Gasteiger charge is 2.11. The van der Waals surface area contributed by atoms with Gasteiger partial charge < -0.3 is 5.32 Å². The van der Waals surface area contributed by atoms with Crippen LogP contribution in [-0.4, -0.2) is 15.7 Å². The van der Waals surface area contributed by atoms with Gasteiger partial charge in [0.2, 0.25) is 0 Å². The molecule has 1 heterocycles. The number of rotatable bonds is 5. The molecule has 0 radical (unpaired) electrons. The number of hydrogen-bond acceptors (Lipinski definition) is 2. The molecule has 2 aromatic carbocycles. The van der Waals surface area contributed by atoms with E-state index in [1.807, 2.05) is 54.9 Å². The summed E-state index contributed by atoms with van der Waals surface area (Å²) in [4.78, 5) is 12.6. The largest absolute Gasteiger partial charge is 0.321 e. The maximum atomic E-state index is 12.6. The zero-order chi connectivity index (χ0) is 18.7. The van der Waals surface area contributed by atoms with Crippen LogP contribution in [0.1, 0.15) is 45.4 Å². The summed E-state index contributed by atoms with van der Waals surface area (Å²) < 4.78 is 1.98. The highest BCUT2D eigenvalue weighted by atomic mass is 16.1. The average molecular weight is 347 g/mol. The van der Waals surface area contributed by atoms with Gasteiger partial charge in [0.15, 0.2) is 0 Å². The molecule has 0 spiro atoms. The monoisotopic (exact) mass is 347 g/mol. The average Bonchev–Trinajstić information content (AvgIpc) is 2.94. The lowest BCUT2D eigenvalue weighted by atomic mass is 10.0. The topological polar surface area (TPSA) is 46.9 Å². The van der Waals surface area contributed by atoms with Gasteiger partial charge in [0.1, 0.15) is 0 Å². The van der Waals surface area contributed by atoms with Gasteiger partial charge in [-0.05, 0) is 62.1 Å². The Morgan fingerprint density at radius 3 is 2.42 bits per heavy atom. The van der Waals surface area contributed by atoms with E-state index in [0.717, 1.165) is 40.2 Å². The number of para-hydroxylation sites is 1. The number of nitrogens with one attached hydrogen (secondary N) is 1. The SMILES string of the molecule is CCc1cccc(C)c1NC(=O)c1ccc(Cn2nc(C)cc2C)cc1. The summed E-state index contributed by atoms with van der Waals surface area (Å²) in [5, 5.41) is 7.56. The number of carbonyl (C=O) groups is 1. The highest BCUT2D eigenvalue weighted by molar-refractivity contribution is 6.05. The first-order chi connectivity index (χ1) is 12.5. The quantitative estimate of drug-likeness (QED) is 0.729. The fourth-order valence-corrected chi connectivity index (χ4v) is 3.16. The van der Waals surface area contributed by atoms with E-state index in [9.17, 15) is 4.79 Å². The molecule has 4 heteroatoms. The minimum absolute atomic E-state index is 0.0772. The van der Waals surface area contributed by atoms with E-state index in [1.54, 1.807) is 0 Å². The Labute approximate surface area is 154 Å². The number of anilines is 1. The van der Waals surface area contributed by atoms with Gasteiger partial charge in [-0.15, -0.1) is 0 Å². The van der Waals surface area contributed by atoms with Gasteiger partial charge in [0.25, 0.3) is 5.91 Å². The van der Waals surface area contributed by atoms with E-state index >= 15 is 0 Å². The number of carbonyl (C=O) groups excluding carboxylic acids is 1. The number of benzene rings is 2. The zero-order valence-electron chi connectivity index (χ0n) is 15.8. The van der Waals surface area contributed by atoms with Gasteiger partial charge in [-0.25, -0.2) is 0 Å². The van der Waals surface area contributed by atoms with E-state index in [2.05, 4.69) is 36.4 Å². The molecule has 0 unspecified atom stereocenters. The molecular weight excluding hydrogens is 322 g/mol. The maximum Gasteiger partial charge on any atom is 0.255 e. The Morgan fingerprint density at radius 2 is 1.81 bits per heavy atom. The molecule has 0 saturated carbocycles. The van der Waals surface area contributed by atoms with Gasteiger partial charge in [-0.1, -0.05) is 37.3 Å². The lowest BCUT2D eigenvalue weighted by Gasteiger charge is -2.13. The molecular formula is C22H25N3O. The van der Waals surface area contributed by atoms with Crippen molar-refractivity contribution in [1.82, 2.24) is 9.78 Å². The van der Waals surface area contributed by atoms with E-state index in [4.69, 9.17) is 0 Å². The van der Waals surface area contributed by atoms with Crippen molar-refractivity contribution in [3.8, 4) is 0 Å². The summed E-state index contributed by atoms with van der Waals surface area (Å²) in [6, 6.07) is 15.9.